The smallest absolute Gasteiger partial charge is 0.344 e. The number of nitrogens with one attached hydrogen (secondary N) is 2. The Hall–Kier alpha value is -2.02. The summed E-state index contributed by atoms with van der Waals surface area (Å²) in [4.78, 5) is 24.5. The first-order valence-electron chi connectivity index (χ1n) is 8.85. The maximum atomic E-state index is 12.7. The lowest BCUT2D eigenvalue weighted by Crippen LogP contribution is -2.36. The van der Waals surface area contributed by atoms with Gasteiger partial charge in [0.05, 0.1) is 11.3 Å². The largest absolute Gasteiger partial charge is 0.348 e. The second-order valence-electron chi connectivity index (χ2n) is 6.82. The van der Waals surface area contributed by atoms with Crippen LogP contribution in [0.2, 0.25) is 0 Å². The first-order chi connectivity index (χ1) is 12.1. The average molecular weight is 358 g/mol. The Labute approximate surface area is 150 Å². The maximum Gasteiger partial charge on any atom is 0.344 e. The predicted molar refractivity (Wildman–Crippen MR) is 96.7 cm³/mol. The second-order valence-corrected chi connectivity index (χ2v) is 8.13. The molecule has 0 unspecified atom stereocenters. The van der Waals surface area contributed by atoms with Gasteiger partial charge >= 0.3 is 5.69 Å². The van der Waals surface area contributed by atoms with E-state index in [4.69, 9.17) is 0 Å². The summed E-state index contributed by atoms with van der Waals surface area (Å²) in [5.74, 6) is -0.00972. The van der Waals surface area contributed by atoms with Crippen molar-refractivity contribution in [3.8, 4) is 0 Å². The van der Waals surface area contributed by atoms with Crippen LogP contribution in [-0.4, -0.2) is 25.9 Å². The molecule has 2 aliphatic carbocycles. The van der Waals surface area contributed by atoms with Crippen molar-refractivity contribution < 1.29 is 4.79 Å². The summed E-state index contributed by atoms with van der Waals surface area (Å²) >= 11 is 1.35. The second kappa shape index (κ2) is 6.71. The van der Waals surface area contributed by atoms with Gasteiger partial charge in [-0.2, -0.15) is 0 Å². The van der Waals surface area contributed by atoms with Gasteiger partial charge in [-0.15, -0.1) is 5.10 Å². The number of fused-ring (bicyclic) bond motifs is 1. The molecule has 0 radical (unpaired) electrons. The van der Waals surface area contributed by atoms with Crippen molar-refractivity contribution in [2.45, 2.75) is 61.5 Å². The highest BCUT2D eigenvalue weighted by Crippen LogP contribution is 2.37. The van der Waals surface area contributed by atoms with Crippen molar-refractivity contribution in [1.82, 2.24) is 20.1 Å². The Morgan fingerprint density at radius 2 is 2.16 bits per heavy atom. The van der Waals surface area contributed by atoms with Gasteiger partial charge in [0, 0.05) is 6.04 Å². The summed E-state index contributed by atoms with van der Waals surface area (Å²) in [6.07, 6.45) is 5.14. The quantitative estimate of drug-likeness (QED) is 0.805. The fraction of sp³-hybridized carbons (Fsp3) is 0.500. The summed E-state index contributed by atoms with van der Waals surface area (Å²) in [5, 5.41) is 10.1. The molecule has 2 aromatic rings. The molecule has 4 rings (SSSR count). The Kier molecular flexibility index (Phi) is 4.41. The van der Waals surface area contributed by atoms with Crippen LogP contribution >= 0.6 is 11.8 Å². The van der Waals surface area contributed by atoms with E-state index in [1.807, 2.05) is 13.0 Å². The molecule has 2 N–H and O–H groups in total. The lowest BCUT2D eigenvalue weighted by molar-refractivity contribution is -0.121. The molecular formula is C18H22N4O2S. The lowest BCUT2D eigenvalue weighted by atomic mass is 9.88. The van der Waals surface area contributed by atoms with Crippen LogP contribution in [0.4, 0.5) is 0 Å². The van der Waals surface area contributed by atoms with Crippen molar-refractivity contribution in [3.05, 3.63) is 45.9 Å². The van der Waals surface area contributed by atoms with Crippen molar-refractivity contribution >= 4 is 17.7 Å². The molecule has 1 saturated carbocycles. The molecule has 1 aromatic carbocycles. The van der Waals surface area contributed by atoms with E-state index in [1.165, 1.54) is 22.9 Å². The number of thioether (sulfide) groups is 1. The zero-order valence-corrected chi connectivity index (χ0v) is 15.0. The summed E-state index contributed by atoms with van der Waals surface area (Å²) in [5.41, 5.74) is 2.38. The molecule has 0 spiro atoms. The minimum absolute atomic E-state index is 0.00972. The SMILES string of the molecule is C[C@H](Sc1n[nH]c(=O)n1C1CC1)C(=O)N[C@H]1CCCc2ccccc21. The normalized spacial score (nSPS) is 20.8. The summed E-state index contributed by atoms with van der Waals surface area (Å²) in [6, 6.07) is 8.65. The Balaban J connectivity index is 1.44. The van der Waals surface area contributed by atoms with Crippen LogP contribution < -0.4 is 11.0 Å². The van der Waals surface area contributed by atoms with E-state index in [2.05, 4.69) is 33.7 Å². The van der Waals surface area contributed by atoms with E-state index in [0.29, 0.717) is 5.16 Å². The van der Waals surface area contributed by atoms with Crippen molar-refractivity contribution in [1.29, 1.82) is 0 Å². The molecular weight excluding hydrogens is 336 g/mol. The standard InChI is InChI=1S/C18H22N4O2S/c1-11(25-18-21-20-17(24)22(18)13-9-10-13)16(23)19-15-8-4-6-12-5-2-3-7-14(12)15/h2-3,5,7,11,13,15H,4,6,8-10H2,1H3,(H,19,23)(H,20,24)/t11-,15-/m0/s1. The highest BCUT2D eigenvalue weighted by molar-refractivity contribution is 8.00. The van der Waals surface area contributed by atoms with E-state index in [1.54, 1.807) is 4.57 Å². The molecule has 7 heteroatoms. The molecule has 132 valence electrons. The molecule has 1 heterocycles. The number of hydrogen-bond acceptors (Lipinski definition) is 4. The van der Waals surface area contributed by atoms with Gasteiger partial charge in [0.2, 0.25) is 5.91 Å². The molecule has 2 atom stereocenters. The molecule has 1 fully saturated rings. The van der Waals surface area contributed by atoms with Gasteiger partial charge < -0.3 is 5.32 Å². The number of aromatic nitrogens is 3. The van der Waals surface area contributed by atoms with Crippen LogP contribution in [0, 0.1) is 0 Å². The van der Waals surface area contributed by atoms with Crippen LogP contribution in [-0.2, 0) is 11.2 Å². The molecule has 1 amide bonds. The number of amides is 1. The highest BCUT2D eigenvalue weighted by atomic mass is 32.2. The first-order valence-corrected chi connectivity index (χ1v) is 9.73. The van der Waals surface area contributed by atoms with Gasteiger partial charge in [0.15, 0.2) is 5.16 Å². The van der Waals surface area contributed by atoms with Crippen LogP contribution in [0.1, 0.15) is 55.8 Å². The molecule has 1 aromatic heterocycles. The number of H-pyrrole nitrogens is 1. The molecule has 0 bridgehead atoms. The molecule has 0 aliphatic heterocycles. The Bertz CT molecular complexity index is 840. The van der Waals surface area contributed by atoms with Crippen LogP contribution in [0.3, 0.4) is 0 Å². The maximum absolute atomic E-state index is 12.7. The topological polar surface area (TPSA) is 79.8 Å². The number of benzene rings is 1. The van der Waals surface area contributed by atoms with Crippen molar-refractivity contribution in [2.75, 3.05) is 0 Å². The van der Waals surface area contributed by atoms with Gasteiger partial charge in [0.1, 0.15) is 0 Å². The van der Waals surface area contributed by atoms with Gasteiger partial charge in [-0.05, 0) is 50.2 Å². The number of carbonyl (C=O) groups is 1. The minimum Gasteiger partial charge on any atom is -0.348 e. The zero-order valence-electron chi connectivity index (χ0n) is 14.2. The van der Waals surface area contributed by atoms with Gasteiger partial charge in [0.25, 0.3) is 0 Å². The average Bonchev–Trinajstić information content (AvgIpc) is 3.39. The van der Waals surface area contributed by atoms with Crippen molar-refractivity contribution in [2.24, 2.45) is 0 Å². The molecule has 2 aliphatic rings. The summed E-state index contributed by atoms with van der Waals surface area (Å²) in [6.45, 7) is 1.87. The summed E-state index contributed by atoms with van der Waals surface area (Å²) in [7, 11) is 0. The van der Waals surface area contributed by atoms with Crippen LogP contribution in [0.25, 0.3) is 0 Å². The molecule has 25 heavy (non-hydrogen) atoms. The van der Waals surface area contributed by atoms with E-state index in [0.717, 1.165) is 32.1 Å². The zero-order chi connectivity index (χ0) is 17.4. The Morgan fingerprint density at radius 3 is 2.96 bits per heavy atom. The Morgan fingerprint density at radius 1 is 1.36 bits per heavy atom. The monoisotopic (exact) mass is 358 g/mol. The lowest BCUT2D eigenvalue weighted by Gasteiger charge is -2.27. The predicted octanol–water partition coefficient (Wildman–Crippen LogP) is 2.58. The van der Waals surface area contributed by atoms with Gasteiger partial charge in [-0.3, -0.25) is 9.36 Å². The van der Waals surface area contributed by atoms with E-state index < -0.39 is 0 Å². The number of rotatable bonds is 5. The number of carbonyl (C=O) groups excluding carboxylic acids is 1. The fourth-order valence-electron chi connectivity index (χ4n) is 3.43. The van der Waals surface area contributed by atoms with Crippen LogP contribution in [0.5, 0.6) is 0 Å². The molecule has 6 nitrogen and oxygen atoms in total. The van der Waals surface area contributed by atoms with Gasteiger partial charge in [-0.1, -0.05) is 36.0 Å². The van der Waals surface area contributed by atoms with Gasteiger partial charge in [-0.25, -0.2) is 9.89 Å². The van der Waals surface area contributed by atoms with Crippen LogP contribution in [0.15, 0.2) is 34.2 Å². The third-order valence-corrected chi connectivity index (χ3v) is 5.99. The first kappa shape index (κ1) is 16.4. The third kappa shape index (κ3) is 3.38. The van der Waals surface area contributed by atoms with E-state index in [9.17, 15) is 9.59 Å². The fourth-order valence-corrected chi connectivity index (χ4v) is 4.37. The molecule has 0 saturated heterocycles. The number of nitrogens with zero attached hydrogens (tertiary/aromatic N) is 2. The number of aromatic amines is 1. The van der Waals surface area contributed by atoms with Crippen molar-refractivity contribution in [3.63, 3.8) is 0 Å². The highest BCUT2D eigenvalue weighted by Gasteiger charge is 2.30. The third-order valence-electron chi connectivity index (χ3n) is 4.92. The number of hydrogen-bond donors (Lipinski definition) is 2. The number of aryl methyl sites for hydroxylation is 1. The minimum atomic E-state index is -0.304. The van der Waals surface area contributed by atoms with E-state index >= 15 is 0 Å². The summed E-state index contributed by atoms with van der Waals surface area (Å²) < 4.78 is 1.68. The van der Waals surface area contributed by atoms with E-state index in [-0.39, 0.29) is 28.9 Å².